The van der Waals surface area contributed by atoms with Gasteiger partial charge in [-0.05, 0) is 32.1 Å². The second-order valence-electron chi connectivity index (χ2n) is 5.72. The van der Waals surface area contributed by atoms with Crippen LogP contribution in [0.1, 0.15) is 90.4 Å². The molecule has 0 radical (unpaired) electrons. The number of rotatable bonds is 15. The van der Waals surface area contributed by atoms with Crippen molar-refractivity contribution in [3.63, 3.8) is 0 Å². The summed E-state index contributed by atoms with van der Waals surface area (Å²) in [5, 5.41) is 9.07. The van der Waals surface area contributed by atoms with E-state index in [0.717, 1.165) is 12.8 Å². The lowest BCUT2D eigenvalue weighted by atomic mass is 10.1. The first-order valence-electron chi connectivity index (χ1n) is 8.59. The standard InChI is InChI=1S/C18H34O2/c1-2-3-4-5-6-7-8-9-10-11-12-13-14-15-16-18(20)17-19/h9-10,17-18,20H,2-8,11-16H2,1H3/b10-9-. The highest BCUT2D eigenvalue weighted by molar-refractivity contribution is 5.55. The van der Waals surface area contributed by atoms with Gasteiger partial charge in [-0.3, -0.25) is 0 Å². The van der Waals surface area contributed by atoms with E-state index in [1.165, 1.54) is 64.2 Å². The molecule has 0 rings (SSSR count). The van der Waals surface area contributed by atoms with Crippen molar-refractivity contribution < 1.29 is 9.90 Å². The molecule has 0 aliphatic carbocycles. The van der Waals surface area contributed by atoms with Crippen LogP contribution in [0.3, 0.4) is 0 Å². The number of carbonyl (C=O) groups is 1. The average molecular weight is 282 g/mol. The van der Waals surface area contributed by atoms with Crippen molar-refractivity contribution in [3.8, 4) is 0 Å². The zero-order chi connectivity index (χ0) is 14.9. The smallest absolute Gasteiger partial charge is 0.148 e. The van der Waals surface area contributed by atoms with Gasteiger partial charge in [0.15, 0.2) is 0 Å². The molecule has 1 N–H and O–H groups in total. The van der Waals surface area contributed by atoms with Crippen LogP contribution in [0.2, 0.25) is 0 Å². The van der Waals surface area contributed by atoms with E-state index >= 15 is 0 Å². The van der Waals surface area contributed by atoms with Crippen LogP contribution >= 0.6 is 0 Å². The van der Waals surface area contributed by atoms with Crippen molar-refractivity contribution in [3.05, 3.63) is 12.2 Å². The van der Waals surface area contributed by atoms with Crippen LogP contribution in [0.5, 0.6) is 0 Å². The zero-order valence-corrected chi connectivity index (χ0v) is 13.4. The fourth-order valence-corrected chi connectivity index (χ4v) is 2.32. The second kappa shape index (κ2) is 16.4. The minimum Gasteiger partial charge on any atom is -0.386 e. The summed E-state index contributed by atoms with van der Waals surface area (Å²) < 4.78 is 0. The van der Waals surface area contributed by atoms with E-state index in [4.69, 9.17) is 5.11 Å². The Morgan fingerprint density at radius 3 is 1.85 bits per heavy atom. The number of aliphatic hydroxyl groups is 1. The molecule has 20 heavy (non-hydrogen) atoms. The minimum atomic E-state index is -0.743. The van der Waals surface area contributed by atoms with E-state index in [2.05, 4.69) is 19.1 Å². The maximum atomic E-state index is 10.2. The predicted molar refractivity (Wildman–Crippen MR) is 86.9 cm³/mol. The molecule has 1 atom stereocenters. The lowest BCUT2D eigenvalue weighted by Crippen LogP contribution is -2.06. The molecule has 0 fully saturated rings. The highest BCUT2D eigenvalue weighted by Crippen LogP contribution is 2.09. The van der Waals surface area contributed by atoms with Crippen LogP contribution in [-0.2, 0) is 4.79 Å². The summed E-state index contributed by atoms with van der Waals surface area (Å²) >= 11 is 0. The Labute approximate surface area is 125 Å². The molecule has 2 nitrogen and oxygen atoms in total. The summed E-state index contributed by atoms with van der Waals surface area (Å²) in [6, 6.07) is 0. The first kappa shape index (κ1) is 19.4. The summed E-state index contributed by atoms with van der Waals surface area (Å²) in [4.78, 5) is 10.2. The van der Waals surface area contributed by atoms with Gasteiger partial charge in [0.1, 0.15) is 12.4 Å². The van der Waals surface area contributed by atoms with Gasteiger partial charge in [-0.2, -0.15) is 0 Å². The number of carbonyl (C=O) groups excluding carboxylic acids is 1. The monoisotopic (exact) mass is 282 g/mol. The molecule has 0 aromatic carbocycles. The van der Waals surface area contributed by atoms with Crippen LogP contribution < -0.4 is 0 Å². The SMILES string of the molecule is CCCCCCCC/C=C\CCCCCCC(O)C=O. The van der Waals surface area contributed by atoms with Gasteiger partial charge in [0.05, 0.1) is 0 Å². The Morgan fingerprint density at radius 1 is 0.800 bits per heavy atom. The molecule has 0 amide bonds. The first-order valence-corrected chi connectivity index (χ1v) is 8.59. The summed E-state index contributed by atoms with van der Waals surface area (Å²) in [7, 11) is 0. The lowest BCUT2D eigenvalue weighted by molar-refractivity contribution is -0.115. The van der Waals surface area contributed by atoms with Crippen LogP contribution in [0.15, 0.2) is 12.2 Å². The maximum Gasteiger partial charge on any atom is 0.148 e. The number of aldehydes is 1. The number of allylic oxidation sites excluding steroid dienone is 2. The molecule has 0 bridgehead atoms. The number of hydrogen-bond donors (Lipinski definition) is 1. The minimum absolute atomic E-state index is 0.622. The Bertz CT molecular complexity index is 223. The Morgan fingerprint density at radius 2 is 1.30 bits per heavy atom. The molecule has 0 saturated carbocycles. The molecule has 118 valence electrons. The summed E-state index contributed by atoms with van der Waals surface area (Å²) in [6.07, 6.45) is 20.3. The Kier molecular flexibility index (Phi) is 15.9. The van der Waals surface area contributed by atoms with Gasteiger partial charge in [0, 0.05) is 0 Å². The molecule has 0 aromatic rings. The first-order chi connectivity index (χ1) is 9.81. The van der Waals surface area contributed by atoms with Gasteiger partial charge in [-0.1, -0.05) is 70.4 Å². The second-order valence-corrected chi connectivity index (χ2v) is 5.72. The lowest BCUT2D eigenvalue weighted by Gasteiger charge is -2.02. The van der Waals surface area contributed by atoms with Gasteiger partial charge in [0.25, 0.3) is 0 Å². The molecule has 0 heterocycles. The zero-order valence-electron chi connectivity index (χ0n) is 13.4. The van der Waals surface area contributed by atoms with E-state index in [9.17, 15) is 4.79 Å². The fourth-order valence-electron chi connectivity index (χ4n) is 2.32. The van der Waals surface area contributed by atoms with Crippen LogP contribution in [0.25, 0.3) is 0 Å². The van der Waals surface area contributed by atoms with Crippen molar-refractivity contribution in [2.75, 3.05) is 0 Å². The van der Waals surface area contributed by atoms with Crippen LogP contribution in [-0.4, -0.2) is 17.5 Å². The van der Waals surface area contributed by atoms with E-state index in [0.29, 0.717) is 12.7 Å². The van der Waals surface area contributed by atoms with Gasteiger partial charge in [0.2, 0.25) is 0 Å². The Balaban J connectivity index is 3.10. The van der Waals surface area contributed by atoms with E-state index < -0.39 is 6.10 Å². The third-order valence-electron chi connectivity index (χ3n) is 3.67. The molecule has 0 aromatic heterocycles. The number of aliphatic hydroxyl groups excluding tert-OH is 1. The van der Waals surface area contributed by atoms with Crippen LogP contribution in [0.4, 0.5) is 0 Å². The third-order valence-corrected chi connectivity index (χ3v) is 3.67. The molecule has 0 aliphatic rings. The quantitative estimate of drug-likeness (QED) is 0.255. The van der Waals surface area contributed by atoms with E-state index in [1.54, 1.807) is 0 Å². The largest absolute Gasteiger partial charge is 0.386 e. The van der Waals surface area contributed by atoms with Gasteiger partial charge < -0.3 is 9.90 Å². The van der Waals surface area contributed by atoms with Crippen LogP contribution in [0, 0.1) is 0 Å². The molecular formula is C18H34O2. The molecule has 0 aliphatic heterocycles. The summed E-state index contributed by atoms with van der Waals surface area (Å²) in [6.45, 7) is 2.26. The molecule has 2 heteroatoms. The Hall–Kier alpha value is -0.630. The van der Waals surface area contributed by atoms with Crippen molar-refractivity contribution in [1.29, 1.82) is 0 Å². The summed E-state index contributed by atoms with van der Waals surface area (Å²) in [5.74, 6) is 0. The average Bonchev–Trinajstić information content (AvgIpc) is 2.47. The van der Waals surface area contributed by atoms with Crippen molar-refractivity contribution in [2.24, 2.45) is 0 Å². The third kappa shape index (κ3) is 15.4. The van der Waals surface area contributed by atoms with Crippen molar-refractivity contribution in [2.45, 2.75) is 96.5 Å². The highest BCUT2D eigenvalue weighted by atomic mass is 16.3. The molecule has 0 spiro atoms. The maximum absolute atomic E-state index is 10.2. The topological polar surface area (TPSA) is 37.3 Å². The molecular weight excluding hydrogens is 248 g/mol. The van der Waals surface area contributed by atoms with E-state index in [1.807, 2.05) is 0 Å². The highest BCUT2D eigenvalue weighted by Gasteiger charge is 1.99. The predicted octanol–water partition coefficient (Wildman–Crippen LogP) is 5.19. The van der Waals surface area contributed by atoms with Gasteiger partial charge >= 0.3 is 0 Å². The number of hydrogen-bond acceptors (Lipinski definition) is 2. The normalized spacial score (nSPS) is 12.9. The fraction of sp³-hybridized carbons (Fsp3) is 0.833. The number of unbranched alkanes of at least 4 members (excludes halogenated alkanes) is 10. The van der Waals surface area contributed by atoms with Gasteiger partial charge in [-0.15, -0.1) is 0 Å². The van der Waals surface area contributed by atoms with E-state index in [-0.39, 0.29) is 0 Å². The van der Waals surface area contributed by atoms with Crippen molar-refractivity contribution >= 4 is 6.29 Å². The van der Waals surface area contributed by atoms with Crippen molar-refractivity contribution in [1.82, 2.24) is 0 Å². The molecule has 1 unspecified atom stereocenters. The molecule has 0 saturated heterocycles. The van der Waals surface area contributed by atoms with Gasteiger partial charge in [-0.25, -0.2) is 0 Å². The summed E-state index contributed by atoms with van der Waals surface area (Å²) in [5.41, 5.74) is 0.